The van der Waals surface area contributed by atoms with Crippen LogP contribution in [-0.2, 0) is 28.6 Å². The summed E-state index contributed by atoms with van der Waals surface area (Å²) in [4.78, 5) is 37.1. The van der Waals surface area contributed by atoms with Crippen LogP contribution in [0.3, 0.4) is 0 Å². The Morgan fingerprint density at radius 2 is 0.795 bits per heavy atom. The smallest absolute Gasteiger partial charge is 0.305 e. The molecule has 0 heterocycles. The highest BCUT2D eigenvalue weighted by Crippen LogP contribution is 2.22. The van der Waals surface area contributed by atoms with Gasteiger partial charge >= 0.3 is 17.9 Å². The van der Waals surface area contributed by atoms with E-state index in [-0.39, 0.29) is 37.7 Å². The molecule has 0 saturated carbocycles. The van der Waals surface area contributed by atoms with Gasteiger partial charge < -0.3 is 19.3 Å². The van der Waals surface area contributed by atoms with Gasteiger partial charge in [0.25, 0.3) is 0 Å². The van der Waals surface area contributed by atoms with Gasteiger partial charge in [-0.15, -0.1) is 0 Å². The summed E-state index contributed by atoms with van der Waals surface area (Å²) in [5, 5.41) is 10.2. The molecular formula is C32H60O7. The Kier molecular flexibility index (Phi) is 22.1. The largest absolute Gasteiger partial charge is 0.465 e. The first-order valence-corrected chi connectivity index (χ1v) is 15.6. The minimum Gasteiger partial charge on any atom is -0.465 e. The van der Waals surface area contributed by atoms with Crippen molar-refractivity contribution in [1.29, 1.82) is 0 Å². The Hall–Kier alpha value is -1.63. The maximum Gasteiger partial charge on any atom is 0.305 e. The first-order chi connectivity index (χ1) is 18.5. The maximum atomic E-state index is 12.4. The summed E-state index contributed by atoms with van der Waals surface area (Å²) in [7, 11) is 0. The van der Waals surface area contributed by atoms with Crippen LogP contribution < -0.4 is 0 Å². The van der Waals surface area contributed by atoms with Gasteiger partial charge in [0.05, 0.1) is 12.0 Å². The molecule has 39 heavy (non-hydrogen) atoms. The SMILES string of the molecule is CC(C)CCCCCC(=O)OCC(CO)(COC(=O)CCCCCC(C)C)COC(=O)CCCCCC(C)C. The second-order valence-electron chi connectivity index (χ2n) is 12.6. The first-order valence-electron chi connectivity index (χ1n) is 15.6. The quantitative estimate of drug-likeness (QED) is 0.0710. The molecule has 0 aliphatic rings. The summed E-state index contributed by atoms with van der Waals surface area (Å²) >= 11 is 0. The van der Waals surface area contributed by atoms with E-state index >= 15 is 0 Å². The molecule has 0 fully saturated rings. The van der Waals surface area contributed by atoms with Crippen LogP contribution in [-0.4, -0.2) is 49.4 Å². The van der Waals surface area contributed by atoms with Crippen LogP contribution in [0.25, 0.3) is 0 Å². The van der Waals surface area contributed by atoms with E-state index in [1.165, 1.54) is 0 Å². The van der Waals surface area contributed by atoms with Crippen LogP contribution in [0.5, 0.6) is 0 Å². The molecule has 0 aromatic heterocycles. The summed E-state index contributed by atoms with van der Waals surface area (Å²) in [5.74, 6) is 0.869. The third-order valence-electron chi connectivity index (χ3n) is 6.94. The zero-order valence-electron chi connectivity index (χ0n) is 26.1. The highest BCUT2D eigenvalue weighted by atomic mass is 16.6. The molecule has 0 aromatic rings. The molecule has 0 atom stereocenters. The van der Waals surface area contributed by atoms with Crippen molar-refractivity contribution in [2.75, 3.05) is 26.4 Å². The predicted molar refractivity (Wildman–Crippen MR) is 156 cm³/mol. The van der Waals surface area contributed by atoms with Crippen molar-refractivity contribution < 1.29 is 33.7 Å². The Bertz CT molecular complexity index is 559. The lowest BCUT2D eigenvalue weighted by atomic mass is 9.92. The van der Waals surface area contributed by atoms with Crippen molar-refractivity contribution in [3.05, 3.63) is 0 Å². The highest BCUT2D eigenvalue weighted by molar-refractivity contribution is 5.70. The molecule has 0 aliphatic carbocycles. The molecule has 0 amide bonds. The Balaban J connectivity index is 4.80. The van der Waals surface area contributed by atoms with E-state index in [0.29, 0.717) is 37.0 Å². The van der Waals surface area contributed by atoms with E-state index in [2.05, 4.69) is 41.5 Å². The molecule has 0 aliphatic heterocycles. The molecule has 7 nitrogen and oxygen atoms in total. The highest BCUT2D eigenvalue weighted by Gasteiger charge is 2.35. The van der Waals surface area contributed by atoms with Gasteiger partial charge in [0.2, 0.25) is 0 Å². The lowest BCUT2D eigenvalue weighted by Crippen LogP contribution is -2.42. The molecule has 230 valence electrons. The van der Waals surface area contributed by atoms with Crippen LogP contribution in [0.2, 0.25) is 0 Å². The van der Waals surface area contributed by atoms with Crippen molar-refractivity contribution >= 4 is 17.9 Å². The summed E-state index contributed by atoms with van der Waals surface area (Å²) in [6, 6.07) is 0. The number of esters is 3. The number of ether oxygens (including phenoxy) is 3. The van der Waals surface area contributed by atoms with Crippen LogP contribution in [0.4, 0.5) is 0 Å². The molecule has 0 saturated heterocycles. The number of rotatable bonds is 25. The fraction of sp³-hybridized carbons (Fsp3) is 0.906. The fourth-order valence-electron chi connectivity index (χ4n) is 4.18. The fourth-order valence-corrected chi connectivity index (χ4v) is 4.18. The lowest BCUT2D eigenvalue weighted by molar-refractivity contribution is -0.165. The van der Waals surface area contributed by atoms with Gasteiger partial charge in [-0.1, -0.05) is 99.3 Å². The van der Waals surface area contributed by atoms with Crippen LogP contribution >= 0.6 is 0 Å². The van der Waals surface area contributed by atoms with Crippen molar-refractivity contribution in [3.8, 4) is 0 Å². The number of unbranched alkanes of at least 4 members (excludes halogenated alkanes) is 6. The van der Waals surface area contributed by atoms with E-state index < -0.39 is 12.0 Å². The molecule has 0 aromatic carbocycles. The Morgan fingerprint density at radius 3 is 1.03 bits per heavy atom. The number of hydrogen-bond acceptors (Lipinski definition) is 7. The monoisotopic (exact) mass is 556 g/mol. The van der Waals surface area contributed by atoms with E-state index in [1.54, 1.807) is 0 Å². The van der Waals surface area contributed by atoms with Gasteiger partial charge in [-0.3, -0.25) is 14.4 Å². The molecular weight excluding hydrogens is 496 g/mol. The van der Waals surface area contributed by atoms with E-state index in [0.717, 1.165) is 77.0 Å². The summed E-state index contributed by atoms with van der Waals surface area (Å²) in [6.45, 7) is 12.2. The van der Waals surface area contributed by atoms with Gasteiger partial charge in [0.15, 0.2) is 0 Å². The molecule has 0 spiro atoms. The number of aliphatic hydroxyl groups is 1. The molecule has 0 rings (SSSR count). The second-order valence-corrected chi connectivity index (χ2v) is 12.6. The third kappa shape index (κ3) is 22.8. The minimum atomic E-state index is -1.17. The third-order valence-corrected chi connectivity index (χ3v) is 6.94. The lowest BCUT2D eigenvalue weighted by Gasteiger charge is -2.30. The summed E-state index contributed by atoms with van der Waals surface area (Å²) in [6.07, 6.45) is 12.6. The van der Waals surface area contributed by atoms with Gasteiger partial charge in [0.1, 0.15) is 19.8 Å². The normalized spacial score (nSPS) is 11.8. The predicted octanol–water partition coefficient (Wildman–Crippen LogP) is 7.41. The Labute approximate surface area is 239 Å². The molecule has 0 unspecified atom stereocenters. The van der Waals surface area contributed by atoms with E-state index in [9.17, 15) is 19.5 Å². The van der Waals surface area contributed by atoms with Crippen molar-refractivity contribution in [3.63, 3.8) is 0 Å². The minimum absolute atomic E-state index is 0.169. The maximum absolute atomic E-state index is 12.4. The first kappa shape index (κ1) is 37.4. The second kappa shape index (κ2) is 23.1. The van der Waals surface area contributed by atoms with E-state index in [4.69, 9.17) is 14.2 Å². The molecule has 0 bridgehead atoms. The topological polar surface area (TPSA) is 99.1 Å². The van der Waals surface area contributed by atoms with Gasteiger partial charge in [-0.05, 0) is 37.0 Å². The Morgan fingerprint density at radius 1 is 0.513 bits per heavy atom. The number of carbonyl (C=O) groups excluding carboxylic acids is 3. The van der Waals surface area contributed by atoms with Crippen molar-refractivity contribution in [2.45, 2.75) is 138 Å². The van der Waals surface area contributed by atoms with Crippen LogP contribution in [0.15, 0.2) is 0 Å². The average molecular weight is 557 g/mol. The van der Waals surface area contributed by atoms with Gasteiger partial charge in [-0.25, -0.2) is 0 Å². The molecule has 1 N–H and O–H groups in total. The van der Waals surface area contributed by atoms with Crippen molar-refractivity contribution in [1.82, 2.24) is 0 Å². The molecule has 7 heteroatoms. The number of aliphatic hydroxyl groups excluding tert-OH is 1. The standard InChI is InChI=1S/C32H60O7/c1-26(2)16-10-7-13-19-29(34)37-23-32(22-33,24-38-30(35)20-14-8-11-17-27(3)4)25-39-31(36)21-15-9-12-18-28(5)6/h26-28,33H,7-25H2,1-6H3. The van der Waals surface area contributed by atoms with Gasteiger partial charge in [0, 0.05) is 19.3 Å². The van der Waals surface area contributed by atoms with Crippen molar-refractivity contribution in [2.24, 2.45) is 23.2 Å². The summed E-state index contributed by atoms with van der Waals surface area (Å²) < 4.78 is 16.4. The van der Waals surface area contributed by atoms with Crippen LogP contribution in [0.1, 0.15) is 138 Å². The van der Waals surface area contributed by atoms with E-state index in [1.807, 2.05) is 0 Å². The zero-order valence-corrected chi connectivity index (χ0v) is 26.1. The average Bonchev–Trinajstić information content (AvgIpc) is 2.87. The van der Waals surface area contributed by atoms with Gasteiger partial charge in [-0.2, -0.15) is 0 Å². The summed E-state index contributed by atoms with van der Waals surface area (Å²) in [5.41, 5.74) is -1.17. The number of carbonyl (C=O) groups is 3. The number of hydrogen-bond donors (Lipinski definition) is 1. The zero-order chi connectivity index (χ0) is 29.5. The molecule has 0 radical (unpaired) electrons. The van der Waals surface area contributed by atoms with Crippen LogP contribution in [0, 0.1) is 23.2 Å².